The minimum absolute atomic E-state index is 0. The lowest BCUT2D eigenvalue weighted by molar-refractivity contribution is -0.134. The summed E-state index contributed by atoms with van der Waals surface area (Å²) in [5.74, 6) is 0.213. The van der Waals surface area contributed by atoms with Crippen LogP contribution in [0.2, 0.25) is 0 Å². The second kappa shape index (κ2) is 10.9. The SMILES string of the molecule is COc1ccccc1CN(CC1CCCO1)C(=O)CNC(=O)CN.Cl. The first-order chi connectivity index (χ1) is 11.6. The summed E-state index contributed by atoms with van der Waals surface area (Å²) in [7, 11) is 1.60. The van der Waals surface area contributed by atoms with Gasteiger partial charge in [-0.1, -0.05) is 18.2 Å². The van der Waals surface area contributed by atoms with Crippen molar-refractivity contribution in [2.45, 2.75) is 25.5 Å². The van der Waals surface area contributed by atoms with Crippen molar-refractivity contribution in [1.82, 2.24) is 10.2 Å². The molecule has 1 aliphatic rings. The Labute approximate surface area is 154 Å². The average molecular weight is 372 g/mol. The van der Waals surface area contributed by atoms with Crippen molar-refractivity contribution in [1.29, 1.82) is 0 Å². The smallest absolute Gasteiger partial charge is 0.242 e. The van der Waals surface area contributed by atoms with Crippen molar-refractivity contribution in [3.8, 4) is 5.75 Å². The summed E-state index contributed by atoms with van der Waals surface area (Å²) in [5.41, 5.74) is 6.17. The van der Waals surface area contributed by atoms with Crippen LogP contribution < -0.4 is 15.8 Å². The number of nitrogens with zero attached hydrogens (tertiary/aromatic N) is 1. The molecule has 0 aliphatic carbocycles. The number of nitrogens with two attached hydrogens (primary N) is 1. The molecule has 1 saturated heterocycles. The Balaban J connectivity index is 0.00000312. The van der Waals surface area contributed by atoms with Crippen LogP contribution in [0.1, 0.15) is 18.4 Å². The minimum Gasteiger partial charge on any atom is -0.496 e. The van der Waals surface area contributed by atoms with Gasteiger partial charge in [-0.25, -0.2) is 0 Å². The van der Waals surface area contributed by atoms with Gasteiger partial charge in [0.1, 0.15) is 5.75 Å². The highest BCUT2D eigenvalue weighted by atomic mass is 35.5. The first-order valence-electron chi connectivity index (χ1n) is 8.12. The van der Waals surface area contributed by atoms with E-state index in [1.54, 1.807) is 12.0 Å². The Morgan fingerprint density at radius 1 is 1.40 bits per heavy atom. The largest absolute Gasteiger partial charge is 0.496 e. The molecule has 0 spiro atoms. The van der Waals surface area contributed by atoms with E-state index in [4.69, 9.17) is 15.2 Å². The maximum Gasteiger partial charge on any atom is 0.242 e. The quantitative estimate of drug-likeness (QED) is 0.701. The van der Waals surface area contributed by atoms with E-state index in [0.29, 0.717) is 13.1 Å². The Bertz CT molecular complexity index is 565. The van der Waals surface area contributed by atoms with Gasteiger partial charge in [-0.2, -0.15) is 0 Å². The molecule has 7 nitrogen and oxygen atoms in total. The molecule has 8 heteroatoms. The van der Waals surface area contributed by atoms with Crippen LogP contribution in [0.25, 0.3) is 0 Å². The van der Waals surface area contributed by atoms with Gasteiger partial charge in [-0.15, -0.1) is 12.4 Å². The second-order valence-electron chi connectivity index (χ2n) is 5.70. The van der Waals surface area contributed by atoms with E-state index in [1.165, 1.54) is 0 Å². The third-order valence-corrected chi connectivity index (χ3v) is 3.98. The Morgan fingerprint density at radius 3 is 2.80 bits per heavy atom. The van der Waals surface area contributed by atoms with Crippen LogP contribution in [0, 0.1) is 0 Å². The Hall–Kier alpha value is -1.83. The fourth-order valence-electron chi connectivity index (χ4n) is 2.69. The third-order valence-electron chi connectivity index (χ3n) is 3.98. The number of methoxy groups -OCH3 is 1. The predicted octanol–water partition coefficient (Wildman–Crippen LogP) is 0.700. The zero-order valence-electron chi connectivity index (χ0n) is 14.4. The number of hydrogen-bond donors (Lipinski definition) is 2. The molecule has 2 amide bonds. The number of carbonyl (C=O) groups is 2. The van der Waals surface area contributed by atoms with Gasteiger partial charge in [-0.05, 0) is 18.9 Å². The summed E-state index contributed by atoms with van der Waals surface area (Å²) in [6.07, 6.45) is 1.98. The molecule has 1 heterocycles. The summed E-state index contributed by atoms with van der Waals surface area (Å²) >= 11 is 0. The summed E-state index contributed by atoms with van der Waals surface area (Å²) in [5, 5.41) is 2.52. The zero-order chi connectivity index (χ0) is 17.4. The van der Waals surface area contributed by atoms with Crippen LogP contribution in [0.5, 0.6) is 5.75 Å². The van der Waals surface area contributed by atoms with E-state index in [-0.39, 0.29) is 43.4 Å². The number of halogens is 1. The molecule has 3 N–H and O–H groups in total. The van der Waals surface area contributed by atoms with Crippen molar-refractivity contribution >= 4 is 24.2 Å². The number of para-hydroxylation sites is 1. The van der Waals surface area contributed by atoms with Crippen molar-refractivity contribution < 1.29 is 19.1 Å². The van der Waals surface area contributed by atoms with E-state index in [1.807, 2.05) is 24.3 Å². The minimum atomic E-state index is -0.349. The van der Waals surface area contributed by atoms with Gasteiger partial charge in [0.05, 0.1) is 26.3 Å². The second-order valence-corrected chi connectivity index (χ2v) is 5.70. The molecular weight excluding hydrogens is 346 g/mol. The van der Waals surface area contributed by atoms with Gasteiger partial charge in [0, 0.05) is 25.3 Å². The maximum atomic E-state index is 12.5. The van der Waals surface area contributed by atoms with E-state index < -0.39 is 0 Å². The first-order valence-corrected chi connectivity index (χ1v) is 8.12. The summed E-state index contributed by atoms with van der Waals surface area (Å²) < 4.78 is 11.0. The van der Waals surface area contributed by atoms with Crippen LogP contribution in [0.15, 0.2) is 24.3 Å². The van der Waals surface area contributed by atoms with Gasteiger partial charge < -0.3 is 25.4 Å². The van der Waals surface area contributed by atoms with E-state index >= 15 is 0 Å². The average Bonchev–Trinajstić information content (AvgIpc) is 3.12. The highest BCUT2D eigenvalue weighted by molar-refractivity contribution is 5.85. The van der Waals surface area contributed by atoms with E-state index in [2.05, 4.69) is 5.32 Å². The molecular formula is C17H26ClN3O4. The normalized spacial score (nSPS) is 16.0. The standard InChI is InChI=1S/C17H25N3O4.ClH/c1-23-15-7-3-2-5-13(15)11-20(12-14-6-4-8-24-14)17(22)10-19-16(21)9-18;/h2-3,5,7,14H,4,6,8-12,18H2,1H3,(H,19,21);1H. The Morgan fingerprint density at radius 2 is 2.16 bits per heavy atom. The van der Waals surface area contributed by atoms with Gasteiger partial charge in [-0.3, -0.25) is 9.59 Å². The zero-order valence-corrected chi connectivity index (χ0v) is 15.2. The molecule has 0 saturated carbocycles. The van der Waals surface area contributed by atoms with Crippen LogP contribution in [-0.4, -0.2) is 56.2 Å². The lowest BCUT2D eigenvalue weighted by atomic mass is 10.1. The van der Waals surface area contributed by atoms with Crippen LogP contribution in [0.3, 0.4) is 0 Å². The fourth-order valence-corrected chi connectivity index (χ4v) is 2.69. The lowest BCUT2D eigenvalue weighted by Gasteiger charge is -2.26. The van der Waals surface area contributed by atoms with Gasteiger partial charge in [0.25, 0.3) is 0 Å². The van der Waals surface area contributed by atoms with E-state index in [9.17, 15) is 9.59 Å². The molecule has 25 heavy (non-hydrogen) atoms. The Kier molecular flexibility index (Phi) is 9.26. The number of nitrogens with one attached hydrogen (secondary N) is 1. The number of hydrogen-bond acceptors (Lipinski definition) is 5. The number of benzene rings is 1. The molecule has 0 aromatic heterocycles. The highest BCUT2D eigenvalue weighted by Crippen LogP contribution is 2.21. The molecule has 1 aromatic carbocycles. The monoisotopic (exact) mass is 371 g/mol. The molecule has 2 rings (SSSR count). The van der Waals surface area contributed by atoms with Crippen LogP contribution in [-0.2, 0) is 20.9 Å². The number of amides is 2. The van der Waals surface area contributed by atoms with Gasteiger partial charge >= 0.3 is 0 Å². The van der Waals surface area contributed by atoms with Crippen LogP contribution >= 0.6 is 12.4 Å². The molecule has 1 fully saturated rings. The third kappa shape index (κ3) is 6.53. The maximum absolute atomic E-state index is 12.5. The van der Waals surface area contributed by atoms with Gasteiger partial charge in [0.15, 0.2) is 0 Å². The van der Waals surface area contributed by atoms with Crippen molar-refractivity contribution in [2.75, 3.05) is 33.4 Å². The molecule has 140 valence electrons. The molecule has 0 bridgehead atoms. The topological polar surface area (TPSA) is 93.9 Å². The summed E-state index contributed by atoms with van der Waals surface area (Å²) in [6.45, 7) is 1.42. The molecule has 1 atom stereocenters. The van der Waals surface area contributed by atoms with Crippen molar-refractivity contribution in [3.05, 3.63) is 29.8 Å². The summed E-state index contributed by atoms with van der Waals surface area (Å²) in [4.78, 5) is 25.5. The molecule has 1 unspecified atom stereocenters. The molecule has 1 aromatic rings. The van der Waals surface area contributed by atoms with E-state index in [0.717, 1.165) is 30.8 Å². The lowest BCUT2D eigenvalue weighted by Crippen LogP contribution is -2.44. The predicted molar refractivity (Wildman–Crippen MR) is 96.7 cm³/mol. The van der Waals surface area contributed by atoms with Crippen LogP contribution in [0.4, 0.5) is 0 Å². The summed E-state index contributed by atoms with van der Waals surface area (Å²) in [6, 6.07) is 7.58. The number of ether oxygens (including phenoxy) is 2. The number of carbonyl (C=O) groups excluding carboxylic acids is 2. The number of rotatable bonds is 8. The molecule has 0 radical (unpaired) electrons. The van der Waals surface area contributed by atoms with Gasteiger partial charge in [0.2, 0.25) is 11.8 Å². The highest BCUT2D eigenvalue weighted by Gasteiger charge is 2.23. The van der Waals surface area contributed by atoms with Crippen molar-refractivity contribution in [3.63, 3.8) is 0 Å². The van der Waals surface area contributed by atoms with Crippen molar-refractivity contribution in [2.24, 2.45) is 5.73 Å². The molecule has 1 aliphatic heterocycles. The fraction of sp³-hybridized carbons (Fsp3) is 0.529. The first kappa shape index (κ1) is 21.2.